The summed E-state index contributed by atoms with van der Waals surface area (Å²) in [4.78, 5) is 0. The fourth-order valence-electron chi connectivity index (χ4n) is 4.02. The summed E-state index contributed by atoms with van der Waals surface area (Å²) in [5.74, 6) is 0. The molecule has 4 rings (SSSR count). The Hall–Kier alpha value is -2.06. The van der Waals surface area contributed by atoms with E-state index >= 15 is 0 Å². The lowest BCUT2D eigenvalue weighted by atomic mass is 9.86. The second kappa shape index (κ2) is 5.74. The second-order valence-corrected chi connectivity index (χ2v) is 8.34. The lowest BCUT2D eigenvalue weighted by Crippen LogP contribution is -2.29. The predicted octanol–water partition coefficient (Wildman–Crippen LogP) is 5.76. The van der Waals surface area contributed by atoms with E-state index in [0.29, 0.717) is 0 Å². The molecule has 2 aromatic carbocycles. The molecule has 130 valence electrons. The van der Waals surface area contributed by atoms with Gasteiger partial charge < -0.3 is 9.30 Å². The highest BCUT2D eigenvalue weighted by atomic mass is 16.5. The number of benzene rings is 2. The summed E-state index contributed by atoms with van der Waals surface area (Å²) >= 11 is 0. The molecule has 0 saturated heterocycles. The van der Waals surface area contributed by atoms with Crippen molar-refractivity contribution in [2.45, 2.75) is 58.8 Å². The topological polar surface area (TPSA) is 14.2 Å². The normalized spacial score (nSPS) is 20.7. The molecule has 1 aromatic heterocycles. The summed E-state index contributed by atoms with van der Waals surface area (Å²) in [6.45, 7) is 12.1. The van der Waals surface area contributed by atoms with Crippen molar-refractivity contribution in [3.8, 4) is 0 Å². The molecule has 2 atom stereocenters. The standard InChI is InChI=1S/C23H27NO/c1-15-14-24-20-9-7-6-8-19(20)16(2)21(24)22(25-15)17-10-12-18(13-11-17)23(3,4)5/h6-13,15,22H,14H2,1-5H3/t15-,22-/m0/s1. The van der Waals surface area contributed by atoms with E-state index < -0.39 is 0 Å². The van der Waals surface area contributed by atoms with Crippen LogP contribution < -0.4 is 0 Å². The van der Waals surface area contributed by atoms with E-state index in [1.807, 2.05) is 0 Å². The summed E-state index contributed by atoms with van der Waals surface area (Å²) < 4.78 is 8.87. The van der Waals surface area contributed by atoms with Crippen molar-refractivity contribution in [3.63, 3.8) is 0 Å². The molecule has 2 heterocycles. The van der Waals surface area contributed by atoms with E-state index in [0.717, 1.165) is 6.54 Å². The number of nitrogens with zero attached hydrogens (tertiary/aromatic N) is 1. The molecule has 0 spiro atoms. The Labute approximate surface area is 150 Å². The first-order chi connectivity index (χ1) is 11.9. The van der Waals surface area contributed by atoms with Gasteiger partial charge in [-0.3, -0.25) is 0 Å². The molecule has 0 saturated carbocycles. The van der Waals surface area contributed by atoms with Gasteiger partial charge in [-0.15, -0.1) is 0 Å². The lowest BCUT2D eigenvalue weighted by molar-refractivity contribution is -0.0146. The van der Waals surface area contributed by atoms with Gasteiger partial charge in [0.2, 0.25) is 0 Å². The monoisotopic (exact) mass is 333 g/mol. The quantitative estimate of drug-likeness (QED) is 0.552. The van der Waals surface area contributed by atoms with Crippen LogP contribution >= 0.6 is 0 Å². The van der Waals surface area contributed by atoms with Gasteiger partial charge in [-0.25, -0.2) is 0 Å². The van der Waals surface area contributed by atoms with E-state index in [-0.39, 0.29) is 17.6 Å². The molecule has 25 heavy (non-hydrogen) atoms. The zero-order valence-electron chi connectivity index (χ0n) is 15.8. The molecule has 0 fully saturated rings. The van der Waals surface area contributed by atoms with Crippen LogP contribution in [0.15, 0.2) is 48.5 Å². The first-order valence-electron chi connectivity index (χ1n) is 9.20. The fourth-order valence-corrected chi connectivity index (χ4v) is 4.02. The Balaban J connectivity index is 1.85. The van der Waals surface area contributed by atoms with Crippen LogP contribution in [0, 0.1) is 6.92 Å². The number of aromatic nitrogens is 1. The summed E-state index contributed by atoms with van der Waals surface area (Å²) in [6.07, 6.45) is 0.208. The van der Waals surface area contributed by atoms with Crippen molar-refractivity contribution in [2.24, 2.45) is 0 Å². The molecule has 0 unspecified atom stereocenters. The molecular formula is C23H27NO. The molecule has 2 nitrogen and oxygen atoms in total. The van der Waals surface area contributed by atoms with E-state index in [1.54, 1.807) is 0 Å². The van der Waals surface area contributed by atoms with Crippen molar-refractivity contribution >= 4 is 10.9 Å². The van der Waals surface area contributed by atoms with Crippen LogP contribution in [-0.2, 0) is 16.7 Å². The van der Waals surface area contributed by atoms with Crippen LogP contribution in [0.5, 0.6) is 0 Å². The van der Waals surface area contributed by atoms with Gasteiger partial charge in [0, 0.05) is 17.4 Å². The molecule has 0 bridgehead atoms. The zero-order valence-corrected chi connectivity index (χ0v) is 15.8. The number of ether oxygens (including phenoxy) is 1. The van der Waals surface area contributed by atoms with Crippen molar-refractivity contribution in [1.29, 1.82) is 0 Å². The number of rotatable bonds is 1. The van der Waals surface area contributed by atoms with Crippen LogP contribution in [0.3, 0.4) is 0 Å². The van der Waals surface area contributed by atoms with Gasteiger partial charge in [0.15, 0.2) is 0 Å². The highest BCUT2D eigenvalue weighted by molar-refractivity contribution is 5.85. The molecule has 0 aliphatic carbocycles. The van der Waals surface area contributed by atoms with Gasteiger partial charge in [0.1, 0.15) is 6.10 Å². The molecule has 0 amide bonds. The molecule has 1 aliphatic heterocycles. The molecule has 1 aliphatic rings. The lowest BCUT2D eigenvalue weighted by Gasteiger charge is -2.32. The third-order valence-corrected chi connectivity index (χ3v) is 5.41. The average molecular weight is 333 g/mol. The summed E-state index contributed by atoms with van der Waals surface area (Å²) in [5, 5.41) is 1.34. The molecule has 3 aromatic rings. The van der Waals surface area contributed by atoms with E-state index in [9.17, 15) is 0 Å². The summed E-state index contributed by atoms with van der Waals surface area (Å²) in [5.41, 5.74) is 6.74. The van der Waals surface area contributed by atoms with Gasteiger partial charge in [-0.05, 0) is 42.0 Å². The zero-order chi connectivity index (χ0) is 17.8. The minimum atomic E-state index is 0.00479. The number of fused-ring (bicyclic) bond motifs is 3. The Kier molecular flexibility index (Phi) is 3.77. The van der Waals surface area contributed by atoms with E-state index in [2.05, 4.69) is 87.7 Å². The first-order valence-corrected chi connectivity index (χ1v) is 9.20. The Morgan fingerprint density at radius 3 is 2.36 bits per heavy atom. The minimum Gasteiger partial charge on any atom is -0.362 e. The van der Waals surface area contributed by atoms with Crippen LogP contribution in [0.2, 0.25) is 0 Å². The maximum Gasteiger partial charge on any atom is 0.123 e. The predicted molar refractivity (Wildman–Crippen MR) is 104 cm³/mol. The molecule has 0 N–H and O–H groups in total. The van der Waals surface area contributed by atoms with Gasteiger partial charge in [0.05, 0.1) is 11.8 Å². The van der Waals surface area contributed by atoms with Crippen molar-refractivity contribution in [3.05, 3.63) is 70.9 Å². The Morgan fingerprint density at radius 2 is 1.68 bits per heavy atom. The third-order valence-electron chi connectivity index (χ3n) is 5.41. The number of aryl methyl sites for hydroxylation is 1. The van der Waals surface area contributed by atoms with Crippen molar-refractivity contribution in [2.75, 3.05) is 0 Å². The molecule has 0 radical (unpaired) electrons. The van der Waals surface area contributed by atoms with Gasteiger partial charge >= 0.3 is 0 Å². The summed E-state index contributed by atoms with van der Waals surface area (Å²) in [6, 6.07) is 17.7. The minimum absolute atomic E-state index is 0.00479. The SMILES string of the molecule is Cc1c2n(c3ccccc13)C[C@H](C)O[C@H]2c1ccc(C(C)(C)C)cc1. The highest BCUT2D eigenvalue weighted by Gasteiger charge is 2.30. The Morgan fingerprint density at radius 1 is 1.00 bits per heavy atom. The largest absolute Gasteiger partial charge is 0.362 e. The first kappa shape index (κ1) is 16.4. The number of hydrogen-bond acceptors (Lipinski definition) is 1. The van der Waals surface area contributed by atoms with Gasteiger partial charge in [0.25, 0.3) is 0 Å². The van der Waals surface area contributed by atoms with Gasteiger partial charge in [-0.1, -0.05) is 63.2 Å². The van der Waals surface area contributed by atoms with Crippen molar-refractivity contribution < 1.29 is 4.74 Å². The number of hydrogen-bond donors (Lipinski definition) is 0. The average Bonchev–Trinajstić information content (AvgIpc) is 2.87. The van der Waals surface area contributed by atoms with Crippen molar-refractivity contribution in [1.82, 2.24) is 4.57 Å². The van der Waals surface area contributed by atoms with Crippen LogP contribution in [-0.4, -0.2) is 10.7 Å². The second-order valence-electron chi connectivity index (χ2n) is 8.34. The Bertz CT molecular complexity index is 912. The maximum absolute atomic E-state index is 6.41. The van der Waals surface area contributed by atoms with E-state index in [4.69, 9.17) is 4.74 Å². The van der Waals surface area contributed by atoms with Crippen LogP contribution in [0.25, 0.3) is 10.9 Å². The maximum atomic E-state index is 6.41. The molecular weight excluding hydrogens is 306 g/mol. The highest BCUT2D eigenvalue weighted by Crippen LogP contribution is 2.39. The number of para-hydroxylation sites is 1. The summed E-state index contributed by atoms with van der Waals surface area (Å²) in [7, 11) is 0. The molecule has 2 heteroatoms. The van der Waals surface area contributed by atoms with Gasteiger partial charge in [-0.2, -0.15) is 0 Å². The van der Waals surface area contributed by atoms with E-state index in [1.165, 1.54) is 33.3 Å². The smallest absolute Gasteiger partial charge is 0.123 e. The van der Waals surface area contributed by atoms with Crippen LogP contribution in [0.4, 0.5) is 0 Å². The third kappa shape index (κ3) is 2.69. The van der Waals surface area contributed by atoms with Crippen LogP contribution in [0.1, 0.15) is 56.2 Å². The fraction of sp³-hybridized carbons (Fsp3) is 0.391.